The summed E-state index contributed by atoms with van der Waals surface area (Å²) in [6.07, 6.45) is 6.58. The lowest BCUT2D eigenvalue weighted by Gasteiger charge is -2.08. The van der Waals surface area contributed by atoms with Gasteiger partial charge in [0.25, 0.3) is 0 Å². The van der Waals surface area contributed by atoms with E-state index >= 15 is 0 Å². The summed E-state index contributed by atoms with van der Waals surface area (Å²) in [6, 6.07) is 9.64. The molecular weight excluding hydrogens is 228 g/mol. The minimum absolute atomic E-state index is 0.356. The van der Waals surface area contributed by atoms with Crippen molar-refractivity contribution in [1.82, 2.24) is 9.55 Å². The van der Waals surface area contributed by atoms with Gasteiger partial charge in [0.2, 0.25) is 0 Å². The van der Waals surface area contributed by atoms with Crippen molar-refractivity contribution in [3.8, 4) is 0 Å². The second-order valence-electron chi connectivity index (χ2n) is 3.62. The van der Waals surface area contributed by atoms with E-state index in [0.717, 1.165) is 11.3 Å². The molecule has 18 heavy (non-hydrogen) atoms. The molecule has 0 aliphatic heterocycles. The molecule has 0 spiro atoms. The predicted octanol–water partition coefficient (Wildman–Crippen LogP) is 2.34. The lowest BCUT2D eigenvalue weighted by atomic mass is 10.1. The minimum atomic E-state index is -0.356. The van der Waals surface area contributed by atoms with Gasteiger partial charge in [-0.1, -0.05) is 30.3 Å². The molecule has 0 saturated carbocycles. The Bertz CT molecular complexity index is 530. The van der Waals surface area contributed by atoms with Crippen LogP contribution in [0, 0.1) is 0 Å². The zero-order valence-corrected chi connectivity index (χ0v) is 10.1. The number of benzene rings is 1. The van der Waals surface area contributed by atoms with E-state index in [1.54, 1.807) is 30.2 Å². The minimum Gasteiger partial charge on any atom is -0.463 e. The Morgan fingerprint density at radius 1 is 1.39 bits per heavy atom. The molecule has 1 aromatic heterocycles. The zero-order valence-electron chi connectivity index (χ0n) is 10.1. The molecule has 2 aromatic rings. The van der Waals surface area contributed by atoms with E-state index in [9.17, 15) is 4.79 Å². The van der Waals surface area contributed by atoms with Crippen LogP contribution in [0.5, 0.6) is 0 Å². The molecule has 0 amide bonds. The monoisotopic (exact) mass is 242 g/mol. The molecule has 0 unspecified atom stereocenters. The lowest BCUT2D eigenvalue weighted by molar-refractivity contribution is -0.137. The van der Waals surface area contributed by atoms with Crippen LogP contribution in [0.2, 0.25) is 0 Å². The molecular formula is C14H14N2O2. The summed E-state index contributed by atoms with van der Waals surface area (Å²) >= 11 is 0. The third-order valence-electron chi connectivity index (χ3n) is 2.39. The fraction of sp³-hybridized carbons (Fsp3) is 0.143. The van der Waals surface area contributed by atoms with Crippen LogP contribution in [-0.4, -0.2) is 22.1 Å². The topological polar surface area (TPSA) is 44.1 Å². The van der Waals surface area contributed by atoms with Gasteiger partial charge in [-0.3, -0.25) is 0 Å². The molecule has 0 saturated heterocycles. The highest BCUT2D eigenvalue weighted by Gasteiger charge is 2.07. The van der Waals surface area contributed by atoms with Crippen molar-refractivity contribution in [2.45, 2.75) is 6.92 Å². The van der Waals surface area contributed by atoms with Gasteiger partial charge in [0.1, 0.15) is 0 Å². The maximum atomic E-state index is 11.6. The standard InChI is InChI=1S/C14H14N2O2/c1-2-18-14(17)10-13(16-9-8-15-11-16)12-6-4-3-5-7-12/h3-11H,2H2,1H3/b13-10-. The van der Waals surface area contributed by atoms with E-state index in [4.69, 9.17) is 4.74 Å². The van der Waals surface area contributed by atoms with Crippen LogP contribution >= 0.6 is 0 Å². The molecule has 0 radical (unpaired) electrons. The smallest absolute Gasteiger partial charge is 0.332 e. The molecule has 4 nitrogen and oxygen atoms in total. The summed E-state index contributed by atoms with van der Waals surface area (Å²) in [4.78, 5) is 15.6. The van der Waals surface area contributed by atoms with Gasteiger partial charge < -0.3 is 9.30 Å². The Balaban J connectivity index is 2.39. The summed E-state index contributed by atoms with van der Waals surface area (Å²) in [7, 11) is 0. The highest BCUT2D eigenvalue weighted by atomic mass is 16.5. The van der Waals surface area contributed by atoms with Crippen LogP contribution < -0.4 is 0 Å². The predicted molar refractivity (Wildman–Crippen MR) is 68.7 cm³/mol. The van der Waals surface area contributed by atoms with Crippen LogP contribution in [0.1, 0.15) is 12.5 Å². The van der Waals surface area contributed by atoms with Gasteiger partial charge in [-0.25, -0.2) is 9.78 Å². The zero-order chi connectivity index (χ0) is 12.8. The number of nitrogens with zero attached hydrogens (tertiary/aromatic N) is 2. The van der Waals surface area contributed by atoms with Crippen molar-refractivity contribution in [3.05, 3.63) is 60.7 Å². The highest BCUT2D eigenvalue weighted by molar-refractivity contribution is 5.91. The number of esters is 1. The van der Waals surface area contributed by atoms with Gasteiger partial charge in [0, 0.05) is 18.5 Å². The van der Waals surface area contributed by atoms with Crippen LogP contribution in [-0.2, 0) is 9.53 Å². The molecule has 0 aliphatic carbocycles. The maximum absolute atomic E-state index is 11.6. The summed E-state index contributed by atoms with van der Waals surface area (Å²) in [5.74, 6) is -0.356. The number of hydrogen-bond donors (Lipinski definition) is 0. The van der Waals surface area contributed by atoms with Gasteiger partial charge in [-0.05, 0) is 12.5 Å². The molecule has 0 N–H and O–H groups in total. The molecule has 0 atom stereocenters. The lowest BCUT2D eigenvalue weighted by Crippen LogP contribution is -2.04. The molecule has 2 rings (SSSR count). The largest absolute Gasteiger partial charge is 0.463 e. The Hall–Kier alpha value is -2.36. The molecule has 0 bridgehead atoms. The van der Waals surface area contributed by atoms with Gasteiger partial charge in [0.15, 0.2) is 0 Å². The fourth-order valence-electron chi connectivity index (χ4n) is 1.61. The first-order valence-electron chi connectivity index (χ1n) is 5.73. The molecule has 0 aliphatic rings. The number of rotatable bonds is 4. The highest BCUT2D eigenvalue weighted by Crippen LogP contribution is 2.16. The summed E-state index contributed by atoms with van der Waals surface area (Å²) in [6.45, 7) is 2.15. The van der Waals surface area contributed by atoms with Crippen molar-refractivity contribution in [1.29, 1.82) is 0 Å². The van der Waals surface area contributed by atoms with E-state index in [1.807, 2.05) is 30.3 Å². The Morgan fingerprint density at radius 2 is 2.17 bits per heavy atom. The first-order valence-corrected chi connectivity index (χ1v) is 5.73. The molecule has 0 fully saturated rings. The van der Waals surface area contributed by atoms with Crippen molar-refractivity contribution in [2.75, 3.05) is 6.61 Å². The van der Waals surface area contributed by atoms with Gasteiger partial charge in [-0.2, -0.15) is 0 Å². The Kier molecular flexibility index (Phi) is 3.91. The number of aromatic nitrogens is 2. The number of hydrogen-bond acceptors (Lipinski definition) is 3. The van der Waals surface area contributed by atoms with Crippen molar-refractivity contribution in [2.24, 2.45) is 0 Å². The van der Waals surface area contributed by atoms with E-state index < -0.39 is 0 Å². The number of imidazole rings is 1. The number of carbonyl (C=O) groups excluding carboxylic acids is 1. The van der Waals surface area contributed by atoms with Crippen LogP contribution in [0.4, 0.5) is 0 Å². The van der Waals surface area contributed by atoms with Crippen LogP contribution in [0.25, 0.3) is 5.70 Å². The van der Waals surface area contributed by atoms with Crippen molar-refractivity contribution < 1.29 is 9.53 Å². The average Bonchev–Trinajstić information content (AvgIpc) is 2.91. The average molecular weight is 242 g/mol. The summed E-state index contributed by atoms with van der Waals surface area (Å²) in [5, 5.41) is 0. The van der Waals surface area contributed by atoms with Crippen LogP contribution in [0.15, 0.2) is 55.1 Å². The normalized spacial score (nSPS) is 11.3. The SMILES string of the molecule is CCOC(=O)/C=C(/c1ccccc1)n1ccnc1. The molecule has 92 valence electrons. The number of carbonyl (C=O) groups is 1. The van der Waals surface area contributed by atoms with E-state index in [0.29, 0.717) is 6.61 Å². The quantitative estimate of drug-likeness (QED) is 0.610. The van der Waals surface area contributed by atoms with Gasteiger partial charge in [-0.15, -0.1) is 0 Å². The van der Waals surface area contributed by atoms with E-state index in [1.165, 1.54) is 6.08 Å². The molecule has 1 heterocycles. The Morgan fingerprint density at radius 3 is 2.78 bits per heavy atom. The van der Waals surface area contributed by atoms with Crippen molar-refractivity contribution >= 4 is 11.7 Å². The molecule has 4 heteroatoms. The van der Waals surface area contributed by atoms with Crippen LogP contribution in [0.3, 0.4) is 0 Å². The number of ether oxygens (including phenoxy) is 1. The third-order valence-corrected chi connectivity index (χ3v) is 2.39. The second-order valence-corrected chi connectivity index (χ2v) is 3.62. The first kappa shape index (κ1) is 12.1. The Labute approximate surface area is 106 Å². The van der Waals surface area contributed by atoms with Crippen molar-refractivity contribution in [3.63, 3.8) is 0 Å². The summed E-state index contributed by atoms with van der Waals surface area (Å²) < 4.78 is 6.73. The van der Waals surface area contributed by atoms with E-state index in [2.05, 4.69) is 4.98 Å². The second kappa shape index (κ2) is 5.82. The van der Waals surface area contributed by atoms with Gasteiger partial charge >= 0.3 is 5.97 Å². The summed E-state index contributed by atoms with van der Waals surface area (Å²) in [5.41, 5.74) is 1.68. The van der Waals surface area contributed by atoms with Gasteiger partial charge in [0.05, 0.1) is 18.6 Å². The first-order chi connectivity index (χ1) is 8.81. The van der Waals surface area contributed by atoms with E-state index in [-0.39, 0.29) is 5.97 Å². The fourth-order valence-corrected chi connectivity index (χ4v) is 1.61. The maximum Gasteiger partial charge on any atom is 0.332 e. The molecule has 1 aromatic carbocycles. The third kappa shape index (κ3) is 2.85.